The molecule has 2 fully saturated rings. The average molecular weight is 261 g/mol. The SMILES string of the molecule is CC1(C)C(CNCC2CC(F)(F)C(=O)O2)C1(C)C. The van der Waals surface area contributed by atoms with Gasteiger partial charge in [0, 0.05) is 6.54 Å². The zero-order chi connectivity index (χ0) is 13.8. The molecule has 0 bridgehead atoms. The summed E-state index contributed by atoms with van der Waals surface area (Å²) in [4.78, 5) is 10.8. The minimum Gasteiger partial charge on any atom is -0.456 e. The van der Waals surface area contributed by atoms with Gasteiger partial charge in [-0.3, -0.25) is 0 Å². The van der Waals surface area contributed by atoms with Crippen molar-refractivity contribution in [1.82, 2.24) is 5.32 Å². The smallest absolute Gasteiger partial charge is 0.377 e. The second kappa shape index (κ2) is 3.89. The molecule has 2 rings (SSSR count). The molecule has 1 aliphatic carbocycles. The molecule has 1 aliphatic heterocycles. The first-order valence-corrected chi connectivity index (χ1v) is 6.38. The van der Waals surface area contributed by atoms with Crippen molar-refractivity contribution in [3.8, 4) is 0 Å². The van der Waals surface area contributed by atoms with Crippen molar-refractivity contribution in [1.29, 1.82) is 0 Å². The minimum absolute atomic E-state index is 0.274. The van der Waals surface area contributed by atoms with Crippen LogP contribution < -0.4 is 5.32 Å². The van der Waals surface area contributed by atoms with Gasteiger partial charge in [0.1, 0.15) is 6.10 Å². The Hall–Kier alpha value is -0.710. The third kappa shape index (κ3) is 2.02. The summed E-state index contributed by atoms with van der Waals surface area (Å²) in [5.74, 6) is -4.16. The van der Waals surface area contributed by atoms with Crippen LogP contribution in [0.5, 0.6) is 0 Å². The number of hydrogen-bond donors (Lipinski definition) is 1. The summed E-state index contributed by atoms with van der Waals surface area (Å²) in [5, 5.41) is 3.15. The van der Waals surface area contributed by atoms with E-state index in [-0.39, 0.29) is 10.8 Å². The Kier molecular flexibility index (Phi) is 2.96. The summed E-state index contributed by atoms with van der Waals surface area (Å²) in [7, 11) is 0. The molecular formula is C13H21F2NO2. The molecule has 104 valence electrons. The second-order valence-corrected chi connectivity index (χ2v) is 6.59. The highest BCUT2D eigenvalue weighted by atomic mass is 19.3. The normalized spacial score (nSPS) is 32.3. The molecule has 5 heteroatoms. The van der Waals surface area contributed by atoms with Gasteiger partial charge in [-0.1, -0.05) is 27.7 Å². The largest absolute Gasteiger partial charge is 0.456 e. The van der Waals surface area contributed by atoms with Crippen LogP contribution in [0.15, 0.2) is 0 Å². The Bertz CT molecular complexity index is 352. The third-order valence-electron chi connectivity index (χ3n) is 5.10. The number of cyclic esters (lactones) is 1. The number of halogens is 2. The average Bonchev–Trinajstić information content (AvgIpc) is 2.47. The summed E-state index contributed by atoms with van der Waals surface area (Å²) in [6.45, 7) is 9.93. The molecule has 3 nitrogen and oxygen atoms in total. The van der Waals surface area contributed by atoms with Crippen molar-refractivity contribution in [2.24, 2.45) is 16.7 Å². The maximum atomic E-state index is 12.9. The zero-order valence-electron chi connectivity index (χ0n) is 11.3. The van der Waals surface area contributed by atoms with Gasteiger partial charge in [0.25, 0.3) is 0 Å². The Balaban J connectivity index is 1.74. The van der Waals surface area contributed by atoms with E-state index in [9.17, 15) is 13.6 Å². The van der Waals surface area contributed by atoms with Gasteiger partial charge < -0.3 is 10.1 Å². The number of ether oxygens (including phenoxy) is 1. The predicted octanol–water partition coefficient (Wildman–Crippen LogP) is 2.21. The predicted molar refractivity (Wildman–Crippen MR) is 63.4 cm³/mol. The van der Waals surface area contributed by atoms with E-state index in [1.54, 1.807) is 0 Å². The van der Waals surface area contributed by atoms with E-state index in [0.717, 1.165) is 6.54 Å². The molecule has 2 aliphatic rings. The lowest BCUT2D eigenvalue weighted by Crippen LogP contribution is -2.29. The molecule has 1 saturated carbocycles. The van der Waals surface area contributed by atoms with E-state index in [4.69, 9.17) is 0 Å². The molecule has 0 aromatic carbocycles. The second-order valence-electron chi connectivity index (χ2n) is 6.59. The van der Waals surface area contributed by atoms with Crippen molar-refractivity contribution >= 4 is 5.97 Å². The van der Waals surface area contributed by atoms with Gasteiger partial charge in [-0.25, -0.2) is 4.79 Å². The van der Waals surface area contributed by atoms with Crippen LogP contribution in [0.2, 0.25) is 0 Å². The van der Waals surface area contributed by atoms with E-state index in [1.165, 1.54) is 0 Å². The first-order valence-electron chi connectivity index (χ1n) is 6.38. The van der Waals surface area contributed by atoms with Crippen LogP contribution in [-0.4, -0.2) is 31.1 Å². The van der Waals surface area contributed by atoms with E-state index in [0.29, 0.717) is 12.5 Å². The fourth-order valence-corrected chi connectivity index (χ4v) is 2.99. The van der Waals surface area contributed by atoms with Crippen LogP contribution in [0.4, 0.5) is 8.78 Å². The van der Waals surface area contributed by atoms with Crippen molar-refractivity contribution < 1.29 is 18.3 Å². The van der Waals surface area contributed by atoms with Crippen LogP contribution in [0.25, 0.3) is 0 Å². The van der Waals surface area contributed by atoms with E-state index in [2.05, 4.69) is 37.7 Å². The van der Waals surface area contributed by atoms with Crippen molar-refractivity contribution in [3.05, 3.63) is 0 Å². The molecular weight excluding hydrogens is 240 g/mol. The summed E-state index contributed by atoms with van der Waals surface area (Å²) in [5.41, 5.74) is 0.548. The number of hydrogen-bond acceptors (Lipinski definition) is 3. The molecule has 1 atom stereocenters. The molecule has 18 heavy (non-hydrogen) atoms. The molecule has 0 spiro atoms. The first kappa shape index (κ1) is 13.7. The molecule has 1 N–H and O–H groups in total. The van der Waals surface area contributed by atoms with Gasteiger partial charge in [0.15, 0.2) is 0 Å². The number of alkyl halides is 2. The van der Waals surface area contributed by atoms with Crippen LogP contribution in [0, 0.1) is 16.7 Å². The molecule has 0 aromatic heterocycles. The van der Waals surface area contributed by atoms with E-state index in [1.807, 2.05) is 0 Å². The monoisotopic (exact) mass is 261 g/mol. The quantitative estimate of drug-likeness (QED) is 0.788. The lowest BCUT2D eigenvalue weighted by molar-refractivity contribution is -0.159. The highest BCUT2D eigenvalue weighted by Gasteiger charge is 2.63. The van der Waals surface area contributed by atoms with Gasteiger partial charge in [-0.15, -0.1) is 0 Å². The summed E-state index contributed by atoms with van der Waals surface area (Å²) >= 11 is 0. The summed E-state index contributed by atoms with van der Waals surface area (Å²) in [6.07, 6.45) is -1.20. The lowest BCUT2D eigenvalue weighted by atomic mass is 10.0. The third-order valence-corrected chi connectivity index (χ3v) is 5.10. The number of carbonyl (C=O) groups excluding carboxylic acids is 1. The van der Waals surface area contributed by atoms with Gasteiger partial charge in [0.2, 0.25) is 0 Å². The highest BCUT2D eigenvalue weighted by molar-refractivity contribution is 5.79. The van der Waals surface area contributed by atoms with Crippen molar-refractivity contribution in [3.63, 3.8) is 0 Å². The molecule has 0 amide bonds. The molecule has 1 saturated heterocycles. The molecule has 0 radical (unpaired) electrons. The van der Waals surface area contributed by atoms with Crippen LogP contribution in [-0.2, 0) is 9.53 Å². The number of rotatable bonds is 4. The van der Waals surface area contributed by atoms with Crippen molar-refractivity contribution in [2.75, 3.05) is 13.1 Å². The lowest BCUT2D eigenvalue weighted by Gasteiger charge is -2.10. The maximum Gasteiger partial charge on any atom is 0.377 e. The van der Waals surface area contributed by atoms with Gasteiger partial charge in [-0.05, 0) is 23.3 Å². The Labute approximate surface area is 106 Å². The fourth-order valence-electron chi connectivity index (χ4n) is 2.99. The van der Waals surface area contributed by atoms with Gasteiger partial charge >= 0.3 is 11.9 Å². The topological polar surface area (TPSA) is 38.3 Å². The Morgan fingerprint density at radius 2 is 1.78 bits per heavy atom. The fraction of sp³-hybridized carbons (Fsp3) is 0.923. The number of carbonyl (C=O) groups is 1. The van der Waals surface area contributed by atoms with Crippen LogP contribution in [0.1, 0.15) is 34.1 Å². The van der Waals surface area contributed by atoms with Crippen LogP contribution >= 0.6 is 0 Å². The first-order chi connectivity index (χ1) is 8.09. The molecule has 1 unspecified atom stereocenters. The summed E-state index contributed by atoms with van der Waals surface area (Å²) in [6, 6.07) is 0. The van der Waals surface area contributed by atoms with E-state index >= 15 is 0 Å². The maximum absolute atomic E-state index is 12.9. The zero-order valence-corrected chi connectivity index (χ0v) is 11.3. The summed E-state index contributed by atoms with van der Waals surface area (Å²) < 4.78 is 30.5. The van der Waals surface area contributed by atoms with Gasteiger partial charge in [-0.2, -0.15) is 8.78 Å². The number of nitrogens with one attached hydrogen (secondary N) is 1. The van der Waals surface area contributed by atoms with Crippen molar-refractivity contribution in [2.45, 2.75) is 46.1 Å². The number of esters is 1. The van der Waals surface area contributed by atoms with Crippen LogP contribution in [0.3, 0.4) is 0 Å². The highest BCUT2D eigenvalue weighted by Crippen LogP contribution is 2.67. The van der Waals surface area contributed by atoms with Gasteiger partial charge in [0.05, 0.1) is 6.42 Å². The molecule has 0 aromatic rings. The molecule has 1 heterocycles. The standard InChI is InChI=1S/C13H21F2NO2/c1-11(2)9(12(11,3)4)7-16-6-8-5-13(14,15)10(17)18-8/h8-9,16H,5-7H2,1-4H3. The Morgan fingerprint density at radius 1 is 1.22 bits per heavy atom. The minimum atomic E-state index is -3.30. The van der Waals surface area contributed by atoms with E-state index < -0.39 is 24.4 Å². The Morgan fingerprint density at radius 3 is 2.17 bits per heavy atom.